The molecule has 0 N–H and O–H groups in total. The Morgan fingerprint density at radius 3 is 2.03 bits per heavy atom. The first kappa shape index (κ1) is 23.1. The van der Waals surface area contributed by atoms with E-state index in [0.29, 0.717) is 26.2 Å². The lowest BCUT2D eigenvalue weighted by Crippen LogP contribution is -2.50. The van der Waals surface area contributed by atoms with Gasteiger partial charge in [0, 0.05) is 51.4 Å². The van der Waals surface area contributed by atoms with Gasteiger partial charge in [-0.05, 0) is 40.0 Å². The van der Waals surface area contributed by atoms with Crippen LogP contribution in [-0.2, 0) is 9.53 Å². The topological polar surface area (TPSA) is 62.3 Å². The zero-order valence-electron chi connectivity index (χ0n) is 18.5. The van der Waals surface area contributed by atoms with E-state index in [1.807, 2.05) is 0 Å². The molecule has 31 heavy (non-hydrogen) atoms. The van der Waals surface area contributed by atoms with Crippen molar-refractivity contribution in [1.82, 2.24) is 9.80 Å². The molecule has 7 nitrogen and oxygen atoms in total. The molecule has 9 heteroatoms. The van der Waals surface area contributed by atoms with Crippen molar-refractivity contribution in [2.24, 2.45) is 0 Å². The van der Waals surface area contributed by atoms with E-state index in [2.05, 4.69) is 0 Å². The second-order valence-corrected chi connectivity index (χ2v) is 8.92. The average Bonchev–Trinajstić information content (AvgIpc) is 2.71. The molecular weight excluding hydrogens is 408 g/mol. The molecule has 0 aliphatic carbocycles. The molecule has 172 valence electrons. The summed E-state index contributed by atoms with van der Waals surface area (Å²) in [5, 5.41) is 0. The van der Waals surface area contributed by atoms with Crippen molar-refractivity contribution in [3.8, 4) is 5.75 Å². The Balaban J connectivity index is 1.57. The van der Waals surface area contributed by atoms with E-state index >= 15 is 0 Å². The molecule has 1 aromatic rings. The van der Waals surface area contributed by atoms with Crippen LogP contribution in [0.5, 0.6) is 5.75 Å². The van der Waals surface area contributed by atoms with Crippen LogP contribution >= 0.6 is 0 Å². The van der Waals surface area contributed by atoms with Crippen molar-refractivity contribution >= 4 is 17.7 Å². The van der Waals surface area contributed by atoms with E-state index in [4.69, 9.17) is 9.47 Å². The molecule has 2 heterocycles. The monoisotopic (exact) mass is 439 g/mol. The first-order valence-corrected chi connectivity index (χ1v) is 10.8. The Hall–Kier alpha value is -2.58. The fraction of sp³-hybridized carbons (Fsp3) is 0.636. The molecule has 3 rings (SSSR count). The maximum absolute atomic E-state index is 14.7. The summed E-state index contributed by atoms with van der Waals surface area (Å²) >= 11 is 0. The van der Waals surface area contributed by atoms with Gasteiger partial charge in [-0.2, -0.15) is 0 Å². The van der Waals surface area contributed by atoms with E-state index in [1.54, 1.807) is 30.6 Å². The van der Waals surface area contributed by atoms with E-state index in [9.17, 15) is 18.4 Å². The van der Waals surface area contributed by atoms with Gasteiger partial charge in [-0.1, -0.05) is 0 Å². The number of hydrogen-bond acceptors (Lipinski definition) is 5. The minimum absolute atomic E-state index is 0.0171. The Kier molecular flexibility index (Phi) is 7.23. The molecule has 0 saturated carbocycles. The number of carbonyl (C=O) groups is 2. The van der Waals surface area contributed by atoms with Gasteiger partial charge in [0.25, 0.3) is 5.91 Å². The molecule has 0 aromatic heterocycles. The van der Waals surface area contributed by atoms with E-state index in [0.717, 1.165) is 31.4 Å². The van der Waals surface area contributed by atoms with Crippen molar-refractivity contribution < 1.29 is 27.8 Å². The molecule has 2 saturated heterocycles. The van der Waals surface area contributed by atoms with Gasteiger partial charge in [-0.3, -0.25) is 4.79 Å². The van der Waals surface area contributed by atoms with Crippen LogP contribution in [0.2, 0.25) is 0 Å². The van der Waals surface area contributed by atoms with Crippen LogP contribution in [-0.4, -0.2) is 73.3 Å². The van der Waals surface area contributed by atoms with Crippen LogP contribution in [0, 0.1) is 11.6 Å². The van der Waals surface area contributed by atoms with Gasteiger partial charge < -0.3 is 24.2 Å². The molecule has 2 aliphatic rings. The normalized spacial score (nSPS) is 17.5. The molecule has 0 radical (unpaired) electrons. The van der Waals surface area contributed by atoms with Gasteiger partial charge in [0.1, 0.15) is 17.0 Å². The predicted molar refractivity (Wildman–Crippen MR) is 112 cm³/mol. The largest absolute Gasteiger partial charge is 0.484 e. The maximum Gasteiger partial charge on any atom is 0.410 e. The Bertz CT molecular complexity index is 775. The summed E-state index contributed by atoms with van der Waals surface area (Å²) in [6.07, 6.45) is 2.60. The van der Waals surface area contributed by atoms with Gasteiger partial charge in [0.2, 0.25) is 0 Å². The fourth-order valence-electron chi connectivity index (χ4n) is 3.75. The van der Waals surface area contributed by atoms with E-state index in [-0.39, 0.29) is 37.0 Å². The van der Waals surface area contributed by atoms with Gasteiger partial charge in [0.15, 0.2) is 18.2 Å². The number of piperidine rings is 1. The molecule has 0 unspecified atom stereocenters. The summed E-state index contributed by atoms with van der Waals surface area (Å²) in [6.45, 7) is 7.67. The number of carbonyl (C=O) groups excluding carboxylic acids is 2. The molecule has 0 atom stereocenters. The Morgan fingerprint density at radius 2 is 1.48 bits per heavy atom. The molecule has 2 fully saturated rings. The van der Waals surface area contributed by atoms with Crippen LogP contribution in [0.1, 0.15) is 40.0 Å². The highest BCUT2D eigenvalue weighted by Crippen LogP contribution is 2.29. The lowest BCUT2D eigenvalue weighted by molar-refractivity contribution is -0.134. The standard InChI is InChI=1S/C22H31F2N3O4/c1-22(2,3)31-21(29)27-11-9-26(10-12-27)20-17(23)13-16(14-18(20)24)30-15-19(28)25-7-5-4-6-8-25/h13-14H,4-12,15H2,1-3H3. The van der Waals surface area contributed by atoms with Gasteiger partial charge in [-0.25, -0.2) is 13.6 Å². The number of ether oxygens (including phenoxy) is 2. The molecule has 2 aliphatic heterocycles. The highest BCUT2D eigenvalue weighted by Gasteiger charge is 2.28. The quantitative estimate of drug-likeness (QED) is 0.720. The third kappa shape index (κ3) is 6.21. The Morgan fingerprint density at radius 1 is 0.903 bits per heavy atom. The number of halogens is 2. The van der Waals surface area contributed by atoms with Crippen molar-refractivity contribution in [3.63, 3.8) is 0 Å². The zero-order chi connectivity index (χ0) is 22.6. The minimum Gasteiger partial charge on any atom is -0.484 e. The second-order valence-electron chi connectivity index (χ2n) is 8.92. The van der Waals surface area contributed by atoms with Crippen LogP contribution < -0.4 is 9.64 Å². The van der Waals surface area contributed by atoms with Crippen molar-refractivity contribution in [1.29, 1.82) is 0 Å². The molecule has 0 bridgehead atoms. The number of piperazine rings is 1. The van der Waals surface area contributed by atoms with Crippen molar-refractivity contribution in [2.45, 2.75) is 45.6 Å². The molecule has 2 amide bonds. The SMILES string of the molecule is CC(C)(C)OC(=O)N1CCN(c2c(F)cc(OCC(=O)N3CCCCC3)cc2F)CC1. The van der Waals surface area contributed by atoms with Crippen LogP contribution in [0.4, 0.5) is 19.3 Å². The van der Waals surface area contributed by atoms with Gasteiger partial charge >= 0.3 is 6.09 Å². The summed E-state index contributed by atoms with van der Waals surface area (Å²) in [5.41, 5.74) is -0.754. The number of anilines is 1. The highest BCUT2D eigenvalue weighted by atomic mass is 19.1. The lowest BCUT2D eigenvalue weighted by atomic mass is 10.1. The third-order valence-corrected chi connectivity index (χ3v) is 5.31. The van der Waals surface area contributed by atoms with Crippen molar-refractivity contribution in [2.75, 3.05) is 50.8 Å². The Labute approximate surface area is 181 Å². The number of hydrogen-bond donors (Lipinski definition) is 0. The number of benzene rings is 1. The minimum atomic E-state index is -0.758. The number of nitrogens with zero attached hydrogens (tertiary/aromatic N) is 3. The average molecular weight is 440 g/mol. The summed E-state index contributed by atoms with van der Waals surface area (Å²) in [4.78, 5) is 29.2. The smallest absolute Gasteiger partial charge is 0.410 e. The first-order valence-electron chi connectivity index (χ1n) is 10.8. The molecule has 0 spiro atoms. The number of rotatable bonds is 4. The highest BCUT2D eigenvalue weighted by molar-refractivity contribution is 5.77. The maximum atomic E-state index is 14.7. The summed E-state index contributed by atoms with van der Waals surface area (Å²) in [5.74, 6) is -1.71. The summed E-state index contributed by atoms with van der Waals surface area (Å²) < 4.78 is 40.1. The number of likely N-dealkylation sites (tertiary alicyclic amines) is 1. The number of amides is 2. The van der Waals surface area contributed by atoms with Crippen molar-refractivity contribution in [3.05, 3.63) is 23.8 Å². The van der Waals surface area contributed by atoms with Crippen LogP contribution in [0.3, 0.4) is 0 Å². The summed E-state index contributed by atoms with van der Waals surface area (Å²) in [7, 11) is 0. The zero-order valence-corrected chi connectivity index (χ0v) is 18.5. The molecular formula is C22H31F2N3O4. The fourth-order valence-corrected chi connectivity index (χ4v) is 3.75. The van der Waals surface area contributed by atoms with Gasteiger partial charge in [0.05, 0.1) is 0 Å². The van der Waals surface area contributed by atoms with Crippen LogP contribution in [0.25, 0.3) is 0 Å². The van der Waals surface area contributed by atoms with Gasteiger partial charge in [-0.15, -0.1) is 0 Å². The molecule has 1 aromatic carbocycles. The van der Waals surface area contributed by atoms with E-state index in [1.165, 1.54) is 4.90 Å². The third-order valence-electron chi connectivity index (χ3n) is 5.31. The second kappa shape index (κ2) is 9.70. The first-order chi connectivity index (χ1) is 14.6. The van der Waals surface area contributed by atoms with Crippen LogP contribution in [0.15, 0.2) is 12.1 Å². The lowest BCUT2D eigenvalue weighted by Gasteiger charge is -2.37. The van der Waals surface area contributed by atoms with E-state index < -0.39 is 23.3 Å². The predicted octanol–water partition coefficient (Wildman–Crippen LogP) is 3.41. The summed E-state index contributed by atoms with van der Waals surface area (Å²) in [6, 6.07) is 2.20.